The number of amides is 1. The second-order valence-corrected chi connectivity index (χ2v) is 6.92. The average molecular weight is 424 g/mol. The van der Waals surface area contributed by atoms with E-state index >= 15 is 0 Å². The lowest BCUT2D eigenvalue weighted by Crippen LogP contribution is -2.48. The van der Waals surface area contributed by atoms with E-state index in [4.69, 9.17) is 18.9 Å². The Hall–Kier alpha value is -2.85. The van der Waals surface area contributed by atoms with Crippen LogP contribution in [0.4, 0.5) is 18.0 Å². The molecule has 0 bridgehead atoms. The number of benzene rings is 1. The molecule has 10 heteroatoms. The van der Waals surface area contributed by atoms with E-state index in [0.29, 0.717) is 56.8 Å². The van der Waals surface area contributed by atoms with Crippen LogP contribution in [0.15, 0.2) is 42.6 Å². The van der Waals surface area contributed by atoms with Crippen LogP contribution >= 0.6 is 0 Å². The van der Waals surface area contributed by atoms with Gasteiger partial charge in [0.1, 0.15) is 11.5 Å². The number of halogens is 3. The third kappa shape index (κ3) is 4.65. The summed E-state index contributed by atoms with van der Waals surface area (Å²) in [5.74, 6) is 0.118. The van der Waals surface area contributed by atoms with Crippen molar-refractivity contribution in [2.24, 2.45) is 0 Å². The molecule has 2 aliphatic rings. The summed E-state index contributed by atoms with van der Waals surface area (Å²) in [5.41, 5.74) is -0.855. The van der Waals surface area contributed by atoms with Gasteiger partial charge < -0.3 is 23.8 Å². The van der Waals surface area contributed by atoms with Crippen LogP contribution in [-0.4, -0.2) is 48.1 Å². The molecule has 0 N–H and O–H groups in total. The van der Waals surface area contributed by atoms with Gasteiger partial charge in [0.2, 0.25) is 5.88 Å². The van der Waals surface area contributed by atoms with Gasteiger partial charge in [0.05, 0.1) is 18.8 Å². The number of hydrogen-bond acceptors (Lipinski definition) is 6. The van der Waals surface area contributed by atoms with Crippen LogP contribution in [0, 0.1) is 0 Å². The minimum Gasteiger partial charge on any atom is -0.439 e. The predicted octanol–water partition coefficient (Wildman–Crippen LogP) is 4.23. The Labute approximate surface area is 170 Å². The van der Waals surface area contributed by atoms with E-state index in [1.807, 2.05) is 0 Å². The number of hydrogen-bond donors (Lipinski definition) is 0. The molecule has 2 saturated heterocycles. The van der Waals surface area contributed by atoms with Crippen LogP contribution in [0.25, 0.3) is 0 Å². The van der Waals surface area contributed by atoms with E-state index in [1.54, 1.807) is 4.90 Å². The van der Waals surface area contributed by atoms with Crippen molar-refractivity contribution in [2.45, 2.75) is 24.8 Å². The summed E-state index contributed by atoms with van der Waals surface area (Å²) in [6.07, 6.45) is -3.04. The van der Waals surface area contributed by atoms with Gasteiger partial charge in [0.25, 0.3) is 0 Å². The Morgan fingerprint density at radius 2 is 1.63 bits per heavy atom. The molecule has 7 nitrogen and oxygen atoms in total. The first kappa shape index (κ1) is 20.4. The molecule has 1 aromatic heterocycles. The van der Waals surface area contributed by atoms with Gasteiger partial charge >= 0.3 is 12.3 Å². The predicted molar refractivity (Wildman–Crippen MR) is 97.2 cm³/mol. The van der Waals surface area contributed by atoms with Gasteiger partial charge in [-0.15, -0.1) is 0 Å². The van der Waals surface area contributed by atoms with E-state index in [2.05, 4.69) is 4.98 Å². The van der Waals surface area contributed by atoms with Crippen LogP contribution in [-0.2, 0) is 15.7 Å². The molecule has 2 fully saturated rings. The molecule has 0 atom stereocenters. The summed E-state index contributed by atoms with van der Waals surface area (Å²) in [5, 5.41) is 0. The fourth-order valence-electron chi connectivity index (χ4n) is 3.29. The Bertz CT molecular complexity index is 871. The van der Waals surface area contributed by atoms with Gasteiger partial charge in [-0.05, 0) is 30.3 Å². The van der Waals surface area contributed by atoms with Crippen LogP contribution < -0.4 is 9.47 Å². The maximum Gasteiger partial charge on any atom is 0.417 e. The maximum atomic E-state index is 12.6. The normalized spacial score (nSPS) is 18.4. The van der Waals surface area contributed by atoms with E-state index in [9.17, 15) is 18.0 Å². The Kier molecular flexibility index (Phi) is 5.52. The topological polar surface area (TPSA) is 70.1 Å². The zero-order valence-corrected chi connectivity index (χ0v) is 15.9. The summed E-state index contributed by atoms with van der Waals surface area (Å²) >= 11 is 0. The number of aromatic nitrogens is 1. The SMILES string of the molecule is O=C(Oc1ccc(Oc2ccc(C(F)(F)F)cn2)cc1)N1CCC2(CC1)OCCO2. The maximum absolute atomic E-state index is 12.6. The number of alkyl halides is 3. The molecule has 2 aliphatic heterocycles. The first-order chi connectivity index (χ1) is 14.3. The van der Waals surface area contributed by atoms with Crippen LogP contribution in [0.3, 0.4) is 0 Å². The summed E-state index contributed by atoms with van der Waals surface area (Å²) in [4.78, 5) is 17.6. The quantitative estimate of drug-likeness (QED) is 0.735. The van der Waals surface area contributed by atoms with Crippen LogP contribution in [0.1, 0.15) is 18.4 Å². The molecular weight excluding hydrogens is 405 g/mol. The first-order valence-electron chi connectivity index (χ1n) is 9.39. The van der Waals surface area contributed by atoms with E-state index < -0.39 is 23.6 Å². The van der Waals surface area contributed by atoms with Gasteiger partial charge in [0, 0.05) is 38.2 Å². The van der Waals surface area contributed by atoms with E-state index in [1.165, 1.54) is 24.3 Å². The summed E-state index contributed by atoms with van der Waals surface area (Å²) < 4.78 is 59.8. The molecule has 160 valence electrons. The van der Waals surface area contributed by atoms with Crippen molar-refractivity contribution in [3.8, 4) is 17.4 Å². The average Bonchev–Trinajstić information content (AvgIpc) is 3.17. The standard InChI is InChI=1S/C20H19F3N2O5/c21-20(22,23)14-1-6-17(24-13-14)29-15-2-4-16(5-3-15)30-18(26)25-9-7-19(8-10-25)27-11-12-28-19/h1-6,13H,7-12H2. The Balaban J connectivity index is 1.30. The van der Waals surface area contributed by atoms with Crippen LogP contribution in [0.2, 0.25) is 0 Å². The van der Waals surface area contributed by atoms with Crippen molar-refractivity contribution in [1.82, 2.24) is 9.88 Å². The largest absolute Gasteiger partial charge is 0.439 e. The number of carbonyl (C=O) groups excluding carboxylic acids is 1. The molecule has 0 aliphatic carbocycles. The summed E-state index contributed by atoms with van der Waals surface area (Å²) in [7, 11) is 0. The molecule has 30 heavy (non-hydrogen) atoms. The van der Waals surface area contributed by atoms with Gasteiger partial charge in [-0.25, -0.2) is 9.78 Å². The number of piperidine rings is 1. The highest BCUT2D eigenvalue weighted by Crippen LogP contribution is 2.32. The van der Waals surface area contributed by atoms with Gasteiger partial charge in [-0.2, -0.15) is 13.2 Å². The Morgan fingerprint density at radius 1 is 1.00 bits per heavy atom. The van der Waals surface area contributed by atoms with Crippen LogP contribution in [0.5, 0.6) is 17.4 Å². The summed E-state index contributed by atoms with van der Waals surface area (Å²) in [6.45, 7) is 2.08. The van der Waals surface area contributed by atoms with Gasteiger partial charge in [-0.3, -0.25) is 0 Å². The van der Waals surface area contributed by atoms with Gasteiger partial charge in [0.15, 0.2) is 5.79 Å². The number of likely N-dealkylation sites (tertiary alicyclic amines) is 1. The van der Waals surface area contributed by atoms with Crippen molar-refractivity contribution in [2.75, 3.05) is 26.3 Å². The lowest BCUT2D eigenvalue weighted by Gasteiger charge is -2.36. The minimum atomic E-state index is -4.46. The minimum absolute atomic E-state index is 0.0198. The highest BCUT2D eigenvalue weighted by molar-refractivity contribution is 5.70. The van der Waals surface area contributed by atoms with Crippen molar-refractivity contribution in [3.63, 3.8) is 0 Å². The summed E-state index contributed by atoms with van der Waals surface area (Å²) in [6, 6.07) is 8.17. The van der Waals surface area contributed by atoms with Crippen molar-refractivity contribution >= 4 is 6.09 Å². The number of rotatable bonds is 3. The number of pyridine rings is 1. The third-order valence-corrected chi connectivity index (χ3v) is 4.91. The molecule has 3 heterocycles. The lowest BCUT2D eigenvalue weighted by molar-refractivity contribution is -0.182. The molecule has 2 aromatic rings. The van der Waals surface area contributed by atoms with Crippen molar-refractivity contribution in [1.29, 1.82) is 0 Å². The highest BCUT2D eigenvalue weighted by atomic mass is 19.4. The number of nitrogens with zero attached hydrogens (tertiary/aromatic N) is 2. The van der Waals surface area contributed by atoms with E-state index in [0.717, 1.165) is 12.1 Å². The molecule has 4 rings (SSSR count). The monoisotopic (exact) mass is 424 g/mol. The molecule has 0 saturated carbocycles. The zero-order valence-electron chi connectivity index (χ0n) is 15.9. The number of carbonyl (C=O) groups is 1. The van der Waals surface area contributed by atoms with E-state index in [-0.39, 0.29) is 5.88 Å². The third-order valence-electron chi connectivity index (χ3n) is 4.91. The lowest BCUT2D eigenvalue weighted by atomic mass is 10.0. The molecular formula is C20H19F3N2O5. The number of ether oxygens (including phenoxy) is 4. The molecule has 0 radical (unpaired) electrons. The highest BCUT2D eigenvalue weighted by Gasteiger charge is 2.41. The second-order valence-electron chi connectivity index (χ2n) is 6.92. The van der Waals surface area contributed by atoms with Gasteiger partial charge in [-0.1, -0.05) is 0 Å². The van der Waals surface area contributed by atoms with Crippen molar-refractivity contribution < 1.29 is 36.9 Å². The Morgan fingerprint density at radius 3 is 2.20 bits per heavy atom. The second kappa shape index (κ2) is 8.11. The smallest absolute Gasteiger partial charge is 0.417 e. The van der Waals surface area contributed by atoms with Crippen molar-refractivity contribution in [3.05, 3.63) is 48.2 Å². The zero-order chi connectivity index (χ0) is 21.2. The molecule has 1 amide bonds. The first-order valence-corrected chi connectivity index (χ1v) is 9.39. The fraction of sp³-hybridized carbons (Fsp3) is 0.400. The molecule has 1 aromatic carbocycles. The molecule has 0 unspecified atom stereocenters. The molecule has 1 spiro atoms. The fourth-order valence-corrected chi connectivity index (χ4v) is 3.29.